The van der Waals surface area contributed by atoms with Crippen molar-refractivity contribution in [1.29, 1.82) is 0 Å². The van der Waals surface area contributed by atoms with Crippen LogP contribution in [0.15, 0.2) is 18.2 Å². The molecule has 3 heteroatoms. The second-order valence-corrected chi connectivity index (χ2v) is 5.68. The van der Waals surface area contributed by atoms with E-state index in [-0.39, 0.29) is 0 Å². The van der Waals surface area contributed by atoms with Gasteiger partial charge in [0.25, 0.3) is 0 Å². The van der Waals surface area contributed by atoms with Gasteiger partial charge in [-0.1, -0.05) is 19.1 Å². The third-order valence-corrected chi connectivity index (χ3v) is 4.14. The topological polar surface area (TPSA) is 18.5 Å². The van der Waals surface area contributed by atoms with Crippen LogP contribution >= 0.6 is 0 Å². The van der Waals surface area contributed by atoms with Gasteiger partial charge in [0.2, 0.25) is 0 Å². The minimum Gasteiger partial charge on any atom is -0.368 e. The number of anilines is 1. The molecule has 0 saturated carbocycles. The second kappa shape index (κ2) is 6.40. The number of rotatable bonds is 4. The molecule has 1 unspecified atom stereocenters. The molecule has 1 aliphatic rings. The Labute approximate surface area is 117 Å². The first-order valence-corrected chi connectivity index (χ1v) is 7.37. The van der Waals surface area contributed by atoms with Crippen molar-refractivity contribution < 1.29 is 0 Å². The maximum absolute atomic E-state index is 3.38. The average molecular weight is 261 g/mol. The van der Waals surface area contributed by atoms with Crippen molar-refractivity contribution in [3.63, 3.8) is 0 Å². The maximum atomic E-state index is 3.38. The summed E-state index contributed by atoms with van der Waals surface area (Å²) in [6, 6.07) is 7.50. The molecule has 1 aliphatic heterocycles. The molecule has 1 heterocycles. The molecular formula is C16H27N3. The summed E-state index contributed by atoms with van der Waals surface area (Å²) < 4.78 is 0. The van der Waals surface area contributed by atoms with Gasteiger partial charge in [-0.2, -0.15) is 0 Å². The maximum Gasteiger partial charge on any atom is 0.0397 e. The van der Waals surface area contributed by atoms with E-state index in [0.717, 1.165) is 32.7 Å². The largest absolute Gasteiger partial charge is 0.368 e. The Bertz CT molecular complexity index is 416. The summed E-state index contributed by atoms with van der Waals surface area (Å²) in [6.45, 7) is 12.1. The number of likely N-dealkylation sites (N-methyl/N-ethyl adjacent to an activating group) is 1. The third-order valence-electron chi connectivity index (χ3n) is 4.14. The van der Waals surface area contributed by atoms with Crippen molar-refractivity contribution in [2.45, 2.75) is 33.4 Å². The van der Waals surface area contributed by atoms with Gasteiger partial charge in [0.15, 0.2) is 0 Å². The second-order valence-electron chi connectivity index (χ2n) is 5.68. The highest BCUT2D eigenvalue weighted by Gasteiger charge is 2.21. The van der Waals surface area contributed by atoms with Crippen LogP contribution in [0.3, 0.4) is 0 Å². The van der Waals surface area contributed by atoms with E-state index < -0.39 is 0 Å². The van der Waals surface area contributed by atoms with E-state index in [0.29, 0.717) is 6.04 Å². The lowest BCUT2D eigenvalue weighted by Gasteiger charge is -2.39. The van der Waals surface area contributed by atoms with Crippen LogP contribution in [-0.2, 0) is 6.54 Å². The van der Waals surface area contributed by atoms with E-state index in [1.54, 1.807) is 0 Å². The first kappa shape index (κ1) is 14.4. The van der Waals surface area contributed by atoms with Crippen molar-refractivity contribution in [2.75, 3.05) is 38.1 Å². The van der Waals surface area contributed by atoms with Crippen LogP contribution in [0.25, 0.3) is 0 Å². The molecule has 1 aromatic carbocycles. The van der Waals surface area contributed by atoms with Crippen LogP contribution in [0.1, 0.15) is 25.0 Å². The van der Waals surface area contributed by atoms with E-state index in [9.17, 15) is 0 Å². The molecule has 1 aromatic rings. The number of hydrogen-bond acceptors (Lipinski definition) is 3. The van der Waals surface area contributed by atoms with Crippen molar-refractivity contribution >= 4 is 5.69 Å². The van der Waals surface area contributed by atoms with Gasteiger partial charge < -0.3 is 15.1 Å². The minimum absolute atomic E-state index is 0.634. The van der Waals surface area contributed by atoms with Gasteiger partial charge in [-0.25, -0.2) is 0 Å². The molecule has 0 amide bonds. The van der Waals surface area contributed by atoms with Crippen LogP contribution in [0.2, 0.25) is 0 Å². The Morgan fingerprint density at radius 2 is 2.11 bits per heavy atom. The Kier molecular flexibility index (Phi) is 4.83. The Morgan fingerprint density at radius 1 is 1.32 bits per heavy atom. The molecule has 2 rings (SSSR count). The van der Waals surface area contributed by atoms with Gasteiger partial charge in [-0.15, -0.1) is 0 Å². The van der Waals surface area contributed by atoms with Crippen LogP contribution < -0.4 is 10.2 Å². The molecule has 3 nitrogen and oxygen atoms in total. The summed E-state index contributed by atoms with van der Waals surface area (Å²) in [5.41, 5.74) is 4.18. The molecule has 19 heavy (non-hydrogen) atoms. The van der Waals surface area contributed by atoms with E-state index in [1.807, 2.05) is 0 Å². The van der Waals surface area contributed by atoms with Gasteiger partial charge in [-0.3, -0.25) is 0 Å². The lowest BCUT2D eigenvalue weighted by atomic mass is 10.1. The number of hydrogen-bond donors (Lipinski definition) is 1. The van der Waals surface area contributed by atoms with E-state index in [2.05, 4.69) is 61.1 Å². The predicted molar refractivity (Wildman–Crippen MR) is 82.9 cm³/mol. The highest BCUT2D eigenvalue weighted by atomic mass is 15.3. The zero-order valence-electron chi connectivity index (χ0n) is 12.7. The Morgan fingerprint density at radius 3 is 2.74 bits per heavy atom. The number of benzene rings is 1. The summed E-state index contributed by atoms with van der Waals surface area (Å²) in [7, 11) is 2.22. The quantitative estimate of drug-likeness (QED) is 0.897. The molecular weight excluding hydrogens is 234 g/mol. The normalized spacial score (nSPS) is 20.8. The fourth-order valence-electron chi connectivity index (χ4n) is 2.72. The van der Waals surface area contributed by atoms with E-state index in [1.165, 1.54) is 16.8 Å². The SMILES string of the molecule is CCNCc1ccc(N2CCN(C)C(C)C2)c(C)c1. The molecule has 0 aromatic heterocycles. The summed E-state index contributed by atoms with van der Waals surface area (Å²) >= 11 is 0. The monoisotopic (exact) mass is 261 g/mol. The highest BCUT2D eigenvalue weighted by molar-refractivity contribution is 5.55. The molecule has 0 spiro atoms. The predicted octanol–water partition coefficient (Wildman–Crippen LogP) is 2.24. The Hall–Kier alpha value is -1.06. The number of aryl methyl sites for hydroxylation is 1. The van der Waals surface area contributed by atoms with Gasteiger partial charge in [0, 0.05) is 37.9 Å². The lowest BCUT2D eigenvalue weighted by Crippen LogP contribution is -2.50. The van der Waals surface area contributed by atoms with E-state index >= 15 is 0 Å². The van der Waals surface area contributed by atoms with Gasteiger partial charge >= 0.3 is 0 Å². The molecule has 0 bridgehead atoms. The fraction of sp³-hybridized carbons (Fsp3) is 0.625. The molecule has 0 aliphatic carbocycles. The van der Waals surface area contributed by atoms with Gasteiger partial charge in [-0.05, 0) is 44.6 Å². The zero-order chi connectivity index (χ0) is 13.8. The summed E-state index contributed by atoms with van der Waals surface area (Å²) in [5, 5.41) is 3.38. The molecule has 106 valence electrons. The third kappa shape index (κ3) is 3.48. The molecule has 1 fully saturated rings. The van der Waals surface area contributed by atoms with E-state index in [4.69, 9.17) is 0 Å². The Balaban J connectivity index is 2.08. The van der Waals surface area contributed by atoms with Crippen LogP contribution in [0, 0.1) is 6.92 Å². The number of nitrogens with one attached hydrogen (secondary N) is 1. The lowest BCUT2D eigenvalue weighted by molar-refractivity contribution is 0.234. The summed E-state index contributed by atoms with van der Waals surface area (Å²) in [5.74, 6) is 0. The van der Waals surface area contributed by atoms with Crippen molar-refractivity contribution in [3.05, 3.63) is 29.3 Å². The summed E-state index contributed by atoms with van der Waals surface area (Å²) in [4.78, 5) is 4.96. The van der Waals surface area contributed by atoms with Crippen LogP contribution in [0.4, 0.5) is 5.69 Å². The molecule has 0 radical (unpaired) electrons. The standard InChI is InChI=1S/C16H27N3/c1-5-17-11-15-6-7-16(13(2)10-15)19-9-8-18(4)14(3)12-19/h6-7,10,14,17H,5,8-9,11-12H2,1-4H3. The first-order chi connectivity index (χ1) is 9.11. The van der Waals surface area contributed by atoms with Crippen molar-refractivity contribution in [3.8, 4) is 0 Å². The first-order valence-electron chi connectivity index (χ1n) is 7.37. The van der Waals surface area contributed by atoms with Gasteiger partial charge in [0.05, 0.1) is 0 Å². The zero-order valence-corrected chi connectivity index (χ0v) is 12.7. The fourth-order valence-corrected chi connectivity index (χ4v) is 2.72. The van der Waals surface area contributed by atoms with Crippen molar-refractivity contribution in [2.24, 2.45) is 0 Å². The smallest absolute Gasteiger partial charge is 0.0397 e. The highest BCUT2D eigenvalue weighted by Crippen LogP contribution is 2.23. The number of piperazine rings is 1. The van der Waals surface area contributed by atoms with Gasteiger partial charge in [0.1, 0.15) is 0 Å². The minimum atomic E-state index is 0.634. The van der Waals surface area contributed by atoms with Crippen molar-refractivity contribution in [1.82, 2.24) is 10.2 Å². The molecule has 1 N–H and O–H groups in total. The van der Waals surface area contributed by atoms with Crippen LogP contribution in [-0.4, -0.2) is 44.2 Å². The number of nitrogens with zero attached hydrogens (tertiary/aromatic N) is 2. The van der Waals surface area contributed by atoms with Crippen LogP contribution in [0.5, 0.6) is 0 Å². The molecule has 1 atom stereocenters. The molecule has 1 saturated heterocycles. The summed E-state index contributed by atoms with van der Waals surface area (Å²) in [6.07, 6.45) is 0. The average Bonchev–Trinajstić information content (AvgIpc) is 2.40.